The fourth-order valence-electron chi connectivity index (χ4n) is 6.42. The first-order valence-corrected chi connectivity index (χ1v) is 16.6. The van der Waals surface area contributed by atoms with Crippen LogP contribution in [0.2, 0.25) is 10.0 Å². The predicted octanol–water partition coefficient (Wildman–Crippen LogP) is 7.09. The Morgan fingerprint density at radius 3 is 2.44 bits per heavy atom. The largest absolute Gasteiger partial charge is 0.361 e. The Balaban J connectivity index is 1.46. The molecule has 1 aromatic heterocycles. The second kappa shape index (κ2) is 13.1. The molecule has 2 aliphatic heterocycles. The summed E-state index contributed by atoms with van der Waals surface area (Å²) in [4.78, 5) is 51.2. The number of hydrogen-bond acceptors (Lipinski definition) is 4. The summed E-state index contributed by atoms with van der Waals surface area (Å²) in [5, 5.41) is 1.40. The zero-order valence-corrected chi connectivity index (χ0v) is 27.1. The SMILES string of the molecule is CCCC(=O)N1CCN(C(=O)C2(Sc3ccccc3)CC(=O)N(Cc3ccc(Cl)c(F)c3)C2c2c[nH]c3cc(Cl)ccc23)CC1. The van der Waals surface area contributed by atoms with E-state index >= 15 is 0 Å². The summed E-state index contributed by atoms with van der Waals surface area (Å²) in [5.74, 6) is -0.862. The Bertz CT molecular complexity index is 1740. The maximum Gasteiger partial charge on any atom is 0.242 e. The number of H-pyrrole nitrogens is 1. The minimum Gasteiger partial charge on any atom is -0.361 e. The molecule has 2 saturated heterocycles. The standard InChI is InChI=1S/C34H33Cl2FN4O3S/c1-2-6-30(42)39-13-15-40(16-14-39)33(44)34(45-24-7-4-3-5-8-24)19-31(43)41(21-22-9-12-27(36)28(37)17-22)32(34)26-20-38-29-18-23(35)10-11-25(26)29/h3-5,7-12,17-18,20,32,38H,2,6,13-16,19,21H2,1H3. The molecule has 3 amide bonds. The van der Waals surface area contributed by atoms with Gasteiger partial charge in [-0.15, -0.1) is 11.8 Å². The number of piperazine rings is 1. The van der Waals surface area contributed by atoms with Crippen molar-refractivity contribution in [2.24, 2.45) is 0 Å². The number of carbonyl (C=O) groups is 3. The first-order chi connectivity index (χ1) is 21.7. The number of amides is 3. The van der Waals surface area contributed by atoms with Crippen LogP contribution in [-0.4, -0.2) is 68.3 Å². The van der Waals surface area contributed by atoms with E-state index in [2.05, 4.69) is 4.98 Å². The van der Waals surface area contributed by atoms with Crippen LogP contribution in [0.3, 0.4) is 0 Å². The topological polar surface area (TPSA) is 76.7 Å². The van der Waals surface area contributed by atoms with Crippen molar-refractivity contribution in [3.8, 4) is 0 Å². The Morgan fingerprint density at radius 2 is 1.73 bits per heavy atom. The molecule has 234 valence electrons. The Hall–Kier alpha value is -3.53. The van der Waals surface area contributed by atoms with E-state index < -0.39 is 16.6 Å². The minimum atomic E-state index is -1.26. The lowest BCUT2D eigenvalue weighted by molar-refractivity contribution is -0.141. The third kappa shape index (κ3) is 6.18. The molecule has 2 aliphatic rings. The first kappa shape index (κ1) is 31.5. The van der Waals surface area contributed by atoms with Crippen molar-refractivity contribution in [2.75, 3.05) is 26.2 Å². The van der Waals surface area contributed by atoms with Gasteiger partial charge in [0.15, 0.2) is 0 Å². The van der Waals surface area contributed by atoms with Crippen LogP contribution in [0.1, 0.15) is 43.4 Å². The van der Waals surface area contributed by atoms with Gasteiger partial charge >= 0.3 is 0 Å². The highest BCUT2D eigenvalue weighted by molar-refractivity contribution is 8.01. The predicted molar refractivity (Wildman–Crippen MR) is 176 cm³/mol. The van der Waals surface area contributed by atoms with Gasteiger partial charge in [-0.25, -0.2) is 4.39 Å². The second-order valence-corrected chi connectivity index (χ2v) is 13.8. The van der Waals surface area contributed by atoms with Gasteiger partial charge in [-0.3, -0.25) is 14.4 Å². The van der Waals surface area contributed by atoms with Gasteiger partial charge in [-0.2, -0.15) is 0 Å². The zero-order chi connectivity index (χ0) is 31.7. The molecule has 0 bridgehead atoms. The summed E-state index contributed by atoms with van der Waals surface area (Å²) in [7, 11) is 0. The number of likely N-dealkylation sites (tertiary alicyclic amines) is 1. The van der Waals surface area contributed by atoms with Gasteiger partial charge in [0.05, 0.1) is 17.5 Å². The summed E-state index contributed by atoms with van der Waals surface area (Å²) < 4.78 is 13.3. The van der Waals surface area contributed by atoms with Gasteiger partial charge in [-0.1, -0.05) is 60.5 Å². The molecule has 0 radical (unpaired) electrons. The molecule has 0 aliphatic carbocycles. The van der Waals surface area contributed by atoms with Crippen LogP contribution in [0.25, 0.3) is 10.9 Å². The fourth-order valence-corrected chi connectivity index (χ4v) is 8.21. The number of carbonyl (C=O) groups excluding carboxylic acids is 3. The number of hydrogen-bond donors (Lipinski definition) is 1. The number of halogens is 3. The quantitative estimate of drug-likeness (QED) is 0.218. The third-order valence-electron chi connectivity index (χ3n) is 8.58. The Labute approximate surface area is 275 Å². The van der Waals surface area contributed by atoms with Crippen LogP contribution in [0.4, 0.5) is 4.39 Å². The van der Waals surface area contributed by atoms with Crippen molar-refractivity contribution in [3.05, 3.63) is 99.9 Å². The van der Waals surface area contributed by atoms with Gasteiger partial charge in [0.25, 0.3) is 0 Å². The van der Waals surface area contributed by atoms with Crippen LogP contribution in [0.5, 0.6) is 0 Å². The highest BCUT2D eigenvalue weighted by Gasteiger charge is 2.59. The number of fused-ring (bicyclic) bond motifs is 1. The molecule has 0 spiro atoms. The van der Waals surface area contributed by atoms with Crippen LogP contribution >= 0.6 is 35.0 Å². The summed E-state index contributed by atoms with van der Waals surface area (Å²) in [6.45, 7) is 3.68. The first-order valence-electron chi connectivity index (χ1n) is 15.0. The third-order valence-corrected chi connectivity index (χ3v) is 10.5. The lowest BCUT2D eigenvalue weighted by atomic mass is 9.90. The molecule has 4 aromatic rings. The van der Waals surface area contributed by atoms with Crippen LogP contribution < -0.4 is 0 Å². The smallest absolute Gasteiger partial charge is 0.242 e. The highest BCUT2D eigenvalue weighted by atomic mass is 35.5. The van der Waals surface area contributed by atoms with E-state index in [-0.39, 0.29) is 35.7 Å². The van der Waals surface area contributed by atoms with Gasteiger partial charge in [-0.05, 0) is 48.4 Å². The van der Waals surface area contributed by atoms with E-state index in [9.17, 15) is 18.8 Å². The molecule has 1 N–H and O–H groups in total. The number of rotatable bonds is 8. The van der Waals surface area contributed by atoms with E-state index in [1.54, 1.807) is 21.9 Å². The Morgan fingerprint density at radius 1 is 1.00 bits per heavy atom. The lowest BCUT2D eigenvalue weighted by Gasteiger charge is -2.42. The van der Waals surface area contributed by atoms with E-state index in [4.69, 9.17) is 23.2 Å². The molecular weight excluding hydrogens is 634 g/mol. The molecule has 2 unspecified atom stereocenters. The molecule has 45 heavy (non-hydrogen) atoms. The van der Waals surface area contributed by atoms with Crippen molar-refractivity contribution in [1.29, 1.82) is 0 Å². The van der Waals surface area contributed by atoms with E-state index in [1.165, 1.54) is 23.9 Å². The average Bonchev–Trinajstić information content (AvgIpc) is 3.56. The highest BCUT2D eigenvalue weighted by Crippen LogP contribution is 2.55. The monoisotopic (exact) mass is 666 g/mol. The van der Waals surface area contributed by atoms with Gasteiger partial charge in [0.2, 0.25) is 17.7 Å². The summed E-state index contributed by atoms with van der Waals surface area (Å²) in [6.07, 6.45) is 3.03. The van der Waals surface area contributed by atoms with Crippen molar-refractivity contribution in [1.82, 2.24) is 19.7 Å². The molecule has 0 saturated carbocycles. The number of thioether (sulfide) groups is 1. The maximum absolute atomic E-state index is 15.0. The number of aromatic nitrogens is 1. The van der Waals surface area contributed by atoms with Crippen molar-refractivity contribution < 1.29 is 18.8 Å². The van der Waals surface area contributed by atoms with Gasteiger partial charge in [0.1, 0.15) is 10.6 Å². The number of nitrogens with zero attached hydrogens (tertiary/aromatic N) is 3. The average molecular weight is 668 g/mol. The summed E-state index contributed by atoms with van der Waals surface area (Å²) in [6, 6.07) is 18.9. The van der Waals surface area contributed by atoms with Crippen molar-refractivity contribution in [2.45, 2.75) is 48.4 Å². The van der Waals surface area contributed by atoms with Gasteiger partial charge in [0, 0.05) is 71.7 Å². The van der Waals surface area contributed by atoms with Crippen molar-refractivity contribution >= 4 is 63.6 Å². The van der Waals surface area contributed by atoms with E-state index in [1.807, 2.05) is 60.5 Å². The van der Waals surface area contributed by atoms with Crippen LogP contribution in [0.15, 0.2) is 77.8 Å². The maximum atomic E-state index is 15.0. The summed E-state index contributed by atoms with van der Waals surface area (Å²) >= 11 is 13.7. The zero-order valence-electron chi connectivity index (χ0n) is 24.8. The fraction of sp³-hybridized carbons (Fsp3) is 0.324. The lowest BCUT2D eigenvalue weighted by Crippen LogP contribution is -2.57. The van der Waals surface area contributed by atoms with Crippen molar-refractivity contribution in [3.63, 3.8) is 0 Å². The number of benzene rings is 3. The molecule has 2 atom stereocenters. The molecule has 6 rings (SSSR count). The van der Waals surface area contributed by atoms with E-state index in [0.29, 0.717) is 43.2 Å². The van der Waals surface area contributed by atoms with Crippen LogP contribution in [-0.2, 0) is 20.9 Å². The van der Waals surface area contributed by atoms with E-state index in [0.717, 1.165) is 27.8 Å². The van der Waals surface area contributed by atoms with Gasteiger partial charge < -0.3 is 19.7 Å². The second-order valence-electron chi connectivity index (χ2n) is 11.5. The summed E-state index contributed by atoms with van der Waals surface area (Å²) in [5.41, 5.74) is 2.12. The molecule has 7 nitrogen and oxygen atoms in total. The normalized spacial score (nSPS) is 20.3. The van der Waals surface area contributed by atoms with Crippen LogP contribution in [0, 0.1) is 5.82 Å². The number of nitrogens with one attached hydrogen (secondary N) is 1. The molecule has 11 heteroatoms. The molecular formula is C34H33Cl2FN4O3S. The molecule has 3 aromatic carbocycles. The molecule has 2 fully saturated rings. The minimum absolute atomic E-state index is 0.00252. The number of aromatic amines is 1. The Kier molecular flexibility index (Phi) is 9.13. The molecule has 3 heterocycles.